The van der Waals surface area contributed by atoms with Gasteiger partial charge in [-0.1, -0.05) is 39.0 Å². The molecule has 1 aromatic carbocycles. The van der Waals surface area contributed by atoms with Crippen LogP contribution < -0.4 is 0 Å². The molecule has 1 rings (SSSR count). The number of allylic oxidation sites excluding steroid dienone is 1. The highest BCUT2D eigenvalue weighted by atomic mass is 16.3. The topological polar surface area (TPSA) is 20.2 Å². The van der Waals surface area contributed by atoms with E-state index < -0.39 is 0 Å². The minimum Gasteiger partial charge on any atom is -0.507 e. The van der Waals surface area contributed by atoms with Crippen molar-refractivity contribution in [3.8, 4) is 5.75 Å². The van der Waals surface area contributed by atoms with Crippen LogP contribution in [0.4, 0.5) is 0 Å². The highest BCUT2D eigenvalue weighted by molar-refractivity contribution is 5.61. The van der Waals surface area contributed by atoms with Gasteiger partial charge in [0.1, 0.15) is 5.75 Å². The molecule has 0 aliphatic rings. The van der Waals surface area contributed by atoms with Crippen LogP contribution in [0.25, 0.3) is 6.08 Å². The zero-order chi connectivity index (χ0) is 11.6. The summed E-state index contributed by atoms with van der Waals surface area (Å²) in [7, 11) is 0. The van der Waals surface area contributed by atoms with E-state index in [1.165, 1.54) is 5.56 Å². The van der Waals surface area contributed by atoms with Crippen molar-refractivity contribution in [2.24, 2.45) is 0 Å². The summed E-state index contributed by atoms with van der Waals surface area (Å²) in [5.74, 6) is 0.409. The van der Waals surface area contributed by atoms with E-state index >= 15 is 0 Å². The average molecular weight is 204 g/mol. The molecule has 0 fully saturated rings. The molecule has 0 aliphatic carbocycles. The Bertz CT molecular complexity index is 381. The SMILES string of the molecule is CC=Cc1cc(C)cc(C(C)(C)C)c1O. The van der Waals surface area contributed by atoms with Gasteiger partial charge in [-0.15, -0.1) is 0 Å². The second kappa shape index (κ2) is 4.09. The fourth-order valence-corrected chi connectivity index (χ4v) is 1.69. The van der Waals surface area contributed by atoms with Crippen LogP contribution in [0.15, 0.2) is 18.2 Å². The van der Waals surface area contributed by atoms with Crippen LogP contribution in [0.1, 0.15) is 44.4 Å². The lowest BCUT2D eigenvalue weighted by molar-refractivity contribution is 0.445. The number of phenols is 1. The molecular formula is C14H20O. The van der Waals surface area contributed by atoms with Gasteiger partial charge >= 0.3 is 0 Å². The van der Waals surface area contributed by atoms with Crippen LogP contribution in [-0.2, 0) is 5.41 Å². The Balaban J connectivity index is 3.41. The Morgan fingerprint density at radius 1 is 1.20 bits per heavy atom. The van der Waals surface area contributed by atoms with Gasteiger partial charge in [-0.05, 0) is 30.9 Å². The zero-order valence-electron chi connectivity index (χ0n) is 10.3. The van der Waals surface area contributed by atoms with Crippen LogP contribution in [0, 0.1) is 6.92 Å². The molecule has 82 valence electrons. The summed E-state index contributed by atoms with van der Waals surface area (Å²) in [4.78, 5) is 0. The fraction of sp³-hybridized carbons (Fsp3) is 0.429. The molecule has 1 nitrogen and oxygen atoms in total. The van der Waals surface area contributed by atoms with Crippen LogP contribution in [0.5, 0.6) is 5.75 Å². The van der Waals surface area contributed by atoms with Crippen molar-refractivity contribution in [3.05, 3.63) is 34.9 Å². The first-order valence-corrected chi connectivity index (χ1v) is 5.33. The van der Waals surface area contributed by atoms with Crippen molar-refractivity contribution >= 4 is 6.08 Å². The molecule has 0 radical (unpaired) electrons. The van der Waals surface area contributed by atoms with E-state index in [0.29, 0.717) is 5.75 Å². The molecule has 0 bridgehead atoms. The Hall–Kier alpha value is -1.24. The fourth-order valence-electron chi connectivity index (χ4n) is 1.69. The zero-order valence-corrected chi connectivity index (χ0v) is 10.3. The third kappa shape index (κ3) is 2.62. The molecule has 0 spiro atoms. The van der Waals surface area contributed by atoms with Gasteiger partial charge in [-0.25, -0.2) is 0 Å². The Morgan fingerprint density at radius 2 is 1.80 bits per heavy atom. The van der Waals surface area contributed by atoms with Crippen molar-refractivity contribution in [1.82, 2.24) is 0 Å². The van der Waals surface area contributed by atoms with Crippen molar-refractivity contribution in [3.63, 3.8) is 0 Å². The summed E-state index contributed by atoms with van der Waals surface area (Å²) < 4.78 is 0. The normalized spacial score (nSPS) is 12.3. The predicted octanol–water partition coefficient (Wildman–Crippen LogP) is 4.03. The first-order chi connectivity index (χ1) is 6.86. The van der Waals surface area contributed by atoms with Gasteiger partial charge in [-0.2, -0.15) is 0 Å². The van der Waals surface area contributed by atoms with Gasteiger partial charge in [-0.3, -0.25) is 0 Å². The van der Waals surface area contributed by atoms with Crippen LogP contribution in [0.3, 0.4) is 0 Å². The molecule has 0 saturated heterocycles. The number of phenolic OH excluding ortho intramolecular Hbond substituents is 1. The highest BCUT2D eigenvalue weighted by Gasteiger charge is 2.19. The number of rotatable bonds is 1. The number of benzene rings is 1. The van der Waals surface area contributed by atoms with E-state index in [0.717, 1.165) is 11.1 Å². The lowest BCUT2D eigenvalue weighted by atomic mass is 9.84. The summed E-state index contributed by atoms with van der Waals surface area (Å²) in [5, 5.41) is 10.1. The summed E-state index contributed by atoms with van der Waals surface area (Å²) >= 11 is 0. The second-order valence-corrected chi connectivity index (χ2v) is 5.00. The quantitative estimate of drug-likeness (QED) is 0.732. The van der Waals surface area contributed by atoms with Crippen LogP contribution >= 0.6 is 0 Å². The molecule has 15 heavy (non-hydrogen) atoms. The van der Waals surface area contributed by atoms with Gasteiger partial charge in [0, 0.05) is 11.1 Å². The molecule has 1 N–H and O–H groups in total. The number of hydrogen-bond donors (Lipinski definition) is 1. The molecule has 0 unspecified atom stereocenters. The van der Waals surface area contributed by atoms with E-state index in [2.05, 4.69) is 33.8 Å². The maximum absolute atomic E-state index is 10.1. The Kier molecular flexibility index (Phi) is 3.23. The number of hydrogen-bond acceptors (Lipinski definition) is 1. The van der Waals surface area contributed by atoms with E-state index in [4.69, 9.17) is 0 Å². The molecule has 0 heterocycles. The summed E-state index contributed by atoms with van der Waals surface area (Å²) in [5.41, 5.74) is 3.08. The summed E-state index contributed by atoms with van der Waals surface area (Å²) in [6, 6.07) is 4.06. The van der Waals surface area contributed by atoms with Crippen molar-refractivity contribution < 1.29 is 5.11 Å². The highest BCUT2D eigenvalue weighted by Crippen LogP contribution is 2.34. The van der Waals surface area contributed by atoms with Crippen LogP contribution in [-0.4, -0.2) is 5.11 Å². The second-order valence-electron chi connectivity index (χ2n) is 5.00. The molecule has 0 aliphatic heterocycles. The lowest BCUT2D eigenvalue weighted by Gasteiger charge is -2.22. The van der Waals surface area contributed by atoms with Crippen molar-refractivity contribution in [1.29, 1.82) is 0 Å². The maximum atomic E-state index is 10.1. The maximum Gasteiger partial charge on any atom is 0.126 e. The lowest BCUT2D eigenvalue weighted by Crippen LogP contribution is -2.12. The third-order valence-corrected chi connectivity index (χ3v) is 2.44. The van der Waals surface area contributed by atoms with Gasteiger partial charge in [0.2, 0.25) is 0 Å². The van der Waals surface area contributed by atoms with E-state index in [-0.39, 0.29) is 5.41 Å². The van der Waals surface area contributed by atoms with Gasteiger partial charge in [0.25, 0.3) is 0 Å². The molecule has 0 aromatic heterocycles. The van der Waals surface area contributed by atoms with E-state index in [1.54, 1.807) is 0 Å². The average Bonchev–Trinajstić information content (AvgIpc) is 2.09. The molecule has 0 amide bonds. The van der Waals surface area contributed by atoms with Crippen molar-refractivity contribution in [2.75, 3.05) is 0 Å². The van der Waals surface area contributed by atoms with Crippen molar-refractivity contribution in [2.45, 2.75) is 40.0 Å². The summed E-state index contributed by atoms with van der Waals surface area (Å²) in [6.45, 7) is 10.4. The first-order valence-electron chi connectivity index (χ1n) is 5.33. The van der Waals surface area contributed by atoms with Crippen LogP contribution in [0.2, 0.25) is 0 Å². The monoisotopic (exact) mass is 204 g/mol. The first kappa shape index (κ1) is 11.8. The summed E-state index contributed by atoms with van der Waals surface area (Å²) in [6.07, 6.45) is 3.89. The van der Waals surface area contributed by atoms with Gasteiger partial charge in [0.05, 0.1) is 0 Å². The molecular weight excluding hydrogens is 184 g/mol. The van der Waals surface area contributed by atoms with E-state index in [9.17, 15) is 5.11 Å². The standard InChI is InChI=1S/C14H20O/c1-6-7-11-8-10(2)9-12(13(11)15)14(3,4)5/h6-9,15H,1-5H3. The Labute approximate surface area is 92.5 Å². The minimum absolute atomic E-state index is 0.0214. The molecule has 1 aromatic rings. The molecule has 1 heteroatoms. The van der Waals surface area contributed by atoms with E-state index in [1.807, 2.05) is 25.1 Å². The molecule has 0 saturated carbocycles. The van der Waals surface area contributed by atoms with Gasteiger partial charge < -0.3 is 5.11 Å². The molecule has 0 atom stereocenters. The third-order valence-electron chi connectivity index (χ3n) is 2.44. The number of aromatic hydroxyl groups is 1. The Morgan fingerprint density at radius 3 is 2.27 bits per heavy atom. The minimum atomic E-state index is -0.0214. The predicted molar refractivity (Wildman–Crippen MR) is 66.3 cm³/mol. The largest absolute Gasteiger partial charge is 0.507 e. The smallest absolute Gasteiger partial charge is 0.126 e. The van der Waals surface area contributed by atoms with Gasteiger partial charge in [0.15, 0.2) is 0 Å². The number of aryl methyl sites for hydroxylation is 1.